The lowest BCUT2D eigenvalue weighted by atomic mass is 10.0. The number of benzene rings is 5. The summed E-state index contributed by atoms with van der Waals surface area (Å²) in [7, 11) is 1.69. The first-order valence-electron chi connectivity index (χ1n) is 14.9. The molecule has 0 amide bonds. The van der Waals surface area contributed by atoms with Crippen molar-refractivity contribution in [2.45, 2.75) is 12.3 Å². The van der Waals surface area contributed by atoms with Crippen LogP contribution in [0.25, 0.3) is 0 Å². The van der Waals surface area contributed by atoms with Gasteiger partial charge in [-0.2, -0.15) is 0 Å². The molecule has 2 aliphatic heterocycles. The molecule has 0 aromatic heterocycles. The molecule has 0 aliphatic carbocycles. The van der Waals surface area contributed by atoms with Gasteiger partial charge in [-0.15, -0.1) is 0 Å². The zero-order chi connectivity index (χ0) is 29.2. The summed E-state index contributed by atoms with van der Waals surface area (Å²) in [6, 6.07) is 46.1. The molecule has 0 unspecified atom stereocenters. The Morgan fingerprint density at radius 1 is 0.488 bits per heavy atom. The van der Waals surface area contributed by atoms with E-state index in [1.807, 2.05) is 12.1 Å². The molecule has 2 heterocycles. The Bertz CT molecular complexity index is 1560. The van der Waals surface area contributed by atoms with Gasteiger partial charge < -0.3 is 29.4 Å². The molecule has 0 radical (unpaired) electrons. The highest BCUT2D eigenvalue weighted by molar-refractivity contribution is 5.65. The number of anilines is 4. The predicted octanol–water partition coefficient (Wildman–Crippen LogP) is 7.45. The zero-order valence-corrected chi connectivity index (χ0v) is 24.3. The van der Waals surface area contributed by atoms with E-state index in [0.717, 1.165) is 60.1 Å². The first kappa shape index (κ1) is 26.8. The maximum Gasteiger partial charge on any atom is 0.132 e. The molecule has 0 spiro atoms. The molecule has 7 rings (SSSR count). The molecule has 216 valence electrons. The quantitative estimate of drug-likeness (QED) is 0.220. The van der Waals surface area contributed by atoms with Crippen LogP contribution in [0.15, 0.2) is 133 Å². The second-order valence-electron chi connectivity index (χ2n) is 11.0. The lowest BCUT2D eigenvalue weighted by Gasteiger charge is -2.37. The minimum Gasteiger partial charge on any atom is -0.507 e. The summed E-state index contributed by atoms with van der Waals surface area (Å²) in [5.74, 6) is 0.899. The highest BCUT2D eigenvalue weighted by atomic mass is 16.5. The Hall–Kier alpha value is -5.10. The molecule has 5 aromatic carbocycles. The Labute approximate surface area is 253 Å². The number of nitrogens with zero attached hydrogens (tertiary/aromatic N) is 4. The molecular formula is C37H36N4O2. The van der Waals surface area contributed by atoms with Gasteiger partial charge in [0.25, 0.3) is 0 Å². The standard InChI is InChI=1S/C37H36N4O2/c1-43-35-27-34(42)32(36-38(28-14-6-2-7-15-28)22-23-39(36)29-16-8-3-9-17-29)26-33(35)37-40(30-18-10-4-11-19-30)24-25-41(37)31-20-12-5-13-21-31/h2-21,26-27,36-37,42H,22-25H2,1H3. The lowest BCUT2D eigenvalue weighted by molar-refractivity contribution is 0.396. The molecule has 0 atom stereocenters. The van der Waals surface area contributed by atoms with Crippen LogP contribution in [0, 0.1) is 0 Å². The molecule has 0 saturated carbocycles. The average Bonchev–Trinajstić information content (AvgIpc) is 3.72. The Kier molecular flexibility index (Phi) is 7.25. The van der Waals surface area contributed by atoms with E-state index in [1.54, 1.807) is 13.2 Å². The molecule has 6 heteroatoms. The van der Waals surface area contributed by atoms with Crippen LogP contribution < -0.4 is 24.3 Å². The van der Waals surface area contributed by atoms with Crippen molar-refractivity contribution in [3.63, 3.8) is 0 Å². The van der Waals surface area contributed by atoms with Gasteiger partial charge in [-0.3, -0.25) is 0 Å². The van der Waals surface area contributed by atoms with E-state index in [-0.39, 0.29) is 18.1 Å². The number of methoxy groups -OCH3 is 1. The molecule has 2 saturated heterocycles. The fraction of sp³-hybridized carbons (Fsp3) is 0.189. The fourth-order valence-corrected chi connectivity index (χ4v) is 6.68. The minimum atomic E-state index is -0.203. The molecule has 1 N–H and O–H groups in total. The normalized spacial score (nSPS) is 15.8. The van der Waals surface area contributed by atoms with Gasteiger partial charge in [0.05, 0.1) is 7.11 Å². The third-order valence-electron chi connectivity index (χ3n) is 8.63. The number of phenols is 1. The van der Waals surface area contributed by atoms with Crippen LogP contribution in [0.4, 0.5) is 22.7 Å². The van der Waals surface area contributed by atoms with Crippen LogP contribution in [-0.4, -0.2) is 38.4 Å². The number of aromatic hydroxyl groups is 1. The molecule has 5 aromatic rings. The zero-order valence-electron chi connectivity index (χ0n) is 24.3. The van der Waals surface area contributed by atoms with Crippen LogP contribution in [0.3, 0.4) is 0 Å². The summed E-state index contributed by atoms with van der Waals surface area (Å²) >= 11 is 0. The summed E-state index contributed by atoms with van der Waals surface area (Å²) < 4.78 is 6.01. The first-order valence-corrected chi connectivity index (χ1v) is 14.9. The van der Waals surface area contributed by atoms with E-state index in [9.17, 15) is 5.11 Å². The molecular weight excluding hydrogens is 532 g/mol. The van der Waals surface area contributed by atoms with Crippen molar-refractivity contribution in [2.24, 2.45) is 0 Å². The molecule has 2 aliphatic rings. The predicted molar refractivity (Wildman–Crippen MR) is 175 cm³/mol. The number of rotatable bonds is 7. The molecule has 6 nitrogen and oxygen atoms in total. The highest BCUT2D eigenvalue weighted by Crippen LogP contribution is 2.47. The van der Waals surface area contributed by atoms with Crippen molar-refractivity contribution in [3.8, 4) is 11.5 Å². The Balaban J connectivity index is 1.40. The van der Waals surface area contributed by atoms with E-state index in [1.165, 1.54) is 0 Å². The summed E-state index contributed by atoms with van der Waals surface area (Å²) in [5.41, 5.74) is 6.43. The topological polar surface area (TPSA) is 42.4 Å². The smallest absolute Gasteiger partial charge is 0.132 e. The van der Waals surface area contributed by atoms with Gasteiger partial charge >= 0.3 is 0 Å². The van der Waals surface area contributed by atoms with E-state index in [4.69, 9.17) is 4.74 Å². The van der Waals surface area contributed by atoms with Crippen LogP contribution in [-0.2, 0) is 0 Å². The number of phenolic OH excluding ortho intramolecular Hbond substituents is 1. The van der Waals surface area contributed by atoms with Crippen molar-refractivity contribution < 1.29 is 9.84 Å². The van der Waals surface area contributed by atoms with E-state index < -0.39 is 0 Å². The molecule has 43 heavy (non-hydrogen) atoms. The Morgan fingerprint density at radius 3 is 1.14 bits per heavy atom. The summed E-state index contributed by atoms with van der Waals surface area (Å²) in [4.78, 5) is 9.64. The molecule has 2 fully saturated rings. The summed E-state index contributed by atoms with van der Waals surface area (Å²) in [6.45, 7) is 3.39. The van der Waals surface area contributed by atoms with Gasteiger partial charge in [-0.05, 0) is 54.6 Å². The van der Waals surface area contributed by atoms with Crippen molar-refractivity contribution in [2.75, 3.05) is 52.9 Å². The van der Waals surface area contributed by atoms with Gasteiger partial charge in [-0.1, -0.05) is 72.8 Å². The SMILES string of the molecule is COc1cc(O)c(C2N(c3ccccc3)CCN2c2ccccc2)cc1C1N(c2ccccc2)CCN1c1ccccc1. The highest BCUT2D eigenvalue weighted by Gasteiger charge is 2.40. The van der Waals surface area contributed by atoms with Crippen molar-refractivity contribution in [3.05, 3.63) is 145 Å². The minimum absolute atomic E-state index is 0.129. The second kappa shape index (κ2) is 11.6. The monoisotopic (exact) mass is 568 g/mol. The number of ether oxygens (including phenoxy) is 1. The van der Waals surface area contributed by atoms with E-state index >= 15 is 0 Å². The third kappa shape index (κ3) is 4.99. The van der Waals surface area contributed by atoms with Crippen LogP contribution in [0.1, 0.15) is 23.5 Å². The largest absolute Gasteiger partial charge is 0.507 e. The number of hydrogen-bond acceptors (Lipinski definition) is 6. The Morgan fingerprint density at radius 2 is 0.814 bits per heavy atom. The fourth-order valence-electron chi connectivity index (χ4n) is 6.68. The van der Waals surface area contributed by atoms with Gasteiger partial charge in [0.1, 0.15) is 23.8 Å². The number of hydrogen-bond donors (Lipinski definition) is 1. The van der Waals surface area contributed by atoms with E-state index in [0.29, 0.717) is 5.75 Å². The van der Waals surface area contributed by atoms with E-state index in [2.05, 4.69) is 135 Å². The summed E-state index contributed by atoms with van der Waals surface area (Å²) in [6.07, 6.45) is -0.331. The first-order chi connectivity index (χ1) is 21.2. The average molecular weight is 569 g/mol. The van der Waals surface area contributed by atoms with Crippen molar-refractivity contribution in [1.82, 2.24) is 0 Å². The van der Waals surface area contributed by atoms with Gasteiger partial charge in [0, 0.05) is 66.1 Å². The van der Waals surface area contributed by atoms with Gasteiger partial charge in [0.15, 0.2) is 0 Å². The second-order valence-corrected chi connectivity index (χ2v) is 11.0. The maximum atomic E-state index is 11.7. The maximum absolute atomic E-state index is 11.7. The van der Waals surface area contributed by atoms with Gasteiger partial charge in [0.2, 0.25) is 0 Å². The third-order valence-corrected chi connectivity index (χ3v) is 8.63. The van der Waals surface area contributed by atoms with Crippen LogP contribution in [0.2, 0.25) is 0 Å². The summed E-state index contributed by atoms with van der Waals surface area (Å²) in [5, 5.41) is 11.7. The van der Waals surface area contributed by atoms with Crippen molar-refractivity contribution >= 4 is 22.7 Å². The van der Waals surface area contributed by atoms with Crippen LogP contribution >= 0.6 is 0 Å². The van der Waals surface area contributed by atoms with Crippen molar-refractivity contribution in [1.29, 1.82) is 0 Å². The lowest BCUT2D eigenvalue weighted by Crippen LogP contribution is -2.33. The van der Waals surface area contributed by atoms with Crippen LogP contribution in [0.5, 0.6) is 11.5 Å². The molecule has 0 bridgehead atoms. The van der Waals surface area contributed by atoms with Gasteiger partial charge in [-0.25, -0.2) is 0 Å². The number of para-hydroxylation sites is 4.